The minimum atomic E-state index is -1.11. The molecule has 1 heterocycles. The smallest absolute Gasteiger partial charge is 0.303 e. The first-order valence-corrected chi connectivity index (χ1v) is 9.59. The third-order valence-electron chi connectivity index (χ3n) is 4.84. The first kappa shape index (κ1) is 22.0. The van der Waals surface area contributed by atoms with E-state index in [4.69, 9.17) is 16.7 Å². The molecule has 0 saturated carbocycles. The molecular weight excluding hydrogens is 428 g/mol. The summed E-state index contributed by atoms with van der Waals surface area (Å²) in [5.41, 5.74) is 0.00543. The number of rotatable bonds is 7. The van der Waals surface area contributed by atoms with Gasteiger partial charge in [0.2, 0.25) is 0 Å². The molecule has 0 bridgehead atoms. The van der Waals surface area contributed by atoms with Crippen molar-refractivity contribution < 1.29 is 29.5 Å². The zero-order valence-corrected chi connectivity index (χ0v) is 16.8. The molecule has 0 spiro atoms. The van der Waals surface area contributed by atoms with Gasteiger partial charge in [0, 0.05) is 35.7 Å². The molecule has 0 unspecified atom stereocenters. The molecule has 9 nitrogen and oxygen atoms in total. The largest absolute Gasteiger partial charge is 0.507 e. The summed E-state index contributed by atoms with van der Waals surface area (Å²) < 4.78 is 0. The number of halogens is 1. The number of carboxylic acids is 1. The standard InChI is InChI=1S/C21H17ClN2O7/c22-14-8-6-12(7-9-14)19(27)17-18(13-3-1-4-15(11-13)24(30)31)23(21(29)20(17)28)10-2-5-16(25)26/h1,3-4,6-9,11,18,27H,2,5,10H2,(H,25,26)/b19-17+/t18-/m0/s1. The Labute approximate surface area is 181 Å². The Balaban J connectivity index is 2.14. The number of carboxylic acid groups (broad SMARTS) is 1. The van der Waals surface area contributed by atoms with Gasteiger partial charge in [-0.3, -0.25) is 24.5 Å². The first-order valence-electron chi connectivity index (χ1n) is 9.21. The topological polar surface area (TPSA) is 138 Å². The highest BCUT2D eigenvalue weighted by Crippen LogP contribution is 2.40. The molecule has 1 aliphatic rings. The normalized spacial score (nSPS) is 17.7. The van der Waals surface area contributed by atoms with Gasteiger partial charge < -0.3 is 15.1 Å². The van der Waals surface area contributed by atoms with Crippen molar-refractivity contribution in [3.63, 3.8) is 0 Å². The number of hydrogen-bond acceptors (Lipinski definition) is 6. The molecule has 10 heteroatoms. The van der Waals surface area contributed by atoms with Crippen LogP contribution in [0.25, 0.3) is 5.76 Å². The van der Waals surface area contributed by atoms with Crippen molar-refractivity contribution in [3.8, 4) is 0 Å². The van der Waals surface area contributed by atoms with Crippen LogP contribution in [0.15, 0.2) is 54.1 Å². The number of aliphatic carboxylic acids is 1. The lowest BCUT2D eigenvalue weighted by molar-refractivity contribution is -0.384. The number of carbonyl (C=O) groups excluding carboxylic acids is 2. The van der Waals surface area contributed by atoms with Crippen LogP contribution >= 0.6 is 11.6 Å². The number of Topliss-reactive ketones (excluding diaryl/α,β-unsaturated/α-hetero) is 1. The number of nitro benzene ring substituents is 1. The van der Waals surface area contributed by atoms with E-state index in [1.165, 1.54) is 48.5 Å². The molecule has 1 amide bonds. The van der Waals surface area contributed by atoms with Gasteiger partial charge in [-0.2, -0.15) is 0 Å². The van der Waals surface area contributed by atoms with Crippen LogP contribution in [0.3, 0.4) is 0 Å². The van der Waals surface area contributed by atoms with Gasteiger partial charge in [0.05, 0.1) is 16.5 Å². The average molecular weight is 445 g/mol. The Morgan fingerprint density at radius 1 is 1.13 bits per heavy atom. The predicted molar refractivity (Wildman–Crippen MR) is 110 cm³/mol. The fourth-order valence-electron chi connectivity index (χ4n) is 3.43. The van der Waals surface area contributed by atoms with Gasteiger partial charge >= 0.3 is 5.97 Å². The maximum atomic E-state index is 12.8. The minimum absolute atomic E-state index is 0.0643. The molecule has 3 rings (SSSR count). The van der Waals surface area contributed by atoms with Gasteiger partial charge in [0.15, 0.2) is 0 Å². The molecule has 0 aliphatic carbocycles. The maximum absolute atomic E-state index is 12.8. The monoisotopic (exact) mass is 444 g/mol. The summed E-state index contributed by atoms with van der Waals surface area (Å²) in [6, 6.07) is 10.2. The van der Waals surface area contributed by atoms with E-state index >= 15 is 0 Å². The van der Waals surface area contributed by atoms with Crippen molar-refractivity contribution in [1.29, 1.82) is 0 Å². The second kappa shape index (κ2) is 8.97. The van der Waals surface area contributed by atoms with Crippen molar-refractivity contribution in [1.82, 2.24) is 4.90 Å². The fourth-order valence-corrected chi connectivity index (χ4v) is 3.56. The summed E-state index contributed by atoms with van der Waals surface area (Å²) in [6.45, 7) is -0.0817. The van der Waals surface area contributed by atoms with Gasteiger partial charge in [0.25, 0.3) is 17.4 Å². The van der Waals surface area contributed by atoms with Crippen molar-refractivity contribution in [2.75, 3.05) is 6.54 Å². The van der Waals surface area contributed by atoms with E-state index in [2.05, 4.69) is 0 Å². The molecule has 1 saturated heterocycles. The molecule has 2 aromatic carbocycles. The number of amides is 1. The van der Waals surface area contributed by atoms with E-state index in [9.17, 15) is 29.6 Å². The second-order valence-corrected chi connectivity index (χ2v) is 7.29. The molecule has 1 atom stereocenters. The average Bonchev–Trinajstić information content (AvgIpc) is 2.98. The number of ketones is 1. The Hall–Kier alpha value is -3.72. The van der Waals surface area contributed by atoms with Crippen LogP contribution in [0, 0.1) is 10.1 Å². The van der Waals surface area contributed by atoms with E-state index in [1.807, 2.05) is 0 Å². The number of likely N-dealkylation sites (tertiary alicyclic amines) is 1. The van der Waals surface area contributed by atoms with Crippen LogP contribution in [0.1, 0.15) is 30.0 Å². The molecule has 1 aliphatic heterocycles. The lowest BCUT2D eigenvalue weighted by Crippen LogP contribution is -2.31. The Morgan fingerprint density at radius 2 is 1.81 bits per heavy atom. The van der Waals surface area contributed by atoms with Crippen LogP contribution in [0.5, 0.6) is 0 Å². The Bertz CT molecular complexity index is 1100. The summed E-state index contributed by atoms with van der Waals surface area (Å²) in [5.74, 6) is -3.39. The molecule has 2 N–H and O–H groups in total. The summed E-state index contributed by atoms with van der Waals surface area (Å²) in [4.78, 5) is 48.1. The van der Waals surface area contributed by atoms with Crippen molar-refractivity contribution in [2.24, 2.45) is 0 Å². The summed E-state index contributed by atoms with van der Waals surface area (Å²) in [7, 11) is 0. The molecular formula is C21H17ClN2O7. The first-order chi connectivity index (χ1) is 14.7. The molecule has 160 valence electrons. The van der Waals surface area contributed by atoms with Crippen molar-refractivity contribution in [2.45, 2.75) is 18.9 Å². The second-order valence-electron chi connectivity index (χ2n) is 6.85. The Kier molecular flexibility index (Phi) is 6.36. The van der Waals surface area contributed by atoms with Crippen LogP contribution in [-0.4, -0.2) is 44.2 Å². The molecule has 1 fully saturated rings. The van der Waals surface area contributed by atoms with Crippen LogP contribution in [0.2, 0.25) is 5.02 Å². The number of nitro groups is 1. The highest BCUT2D eigenvalue weighted by Gasteiger charge is 2.46. The van der Waals surface area contributed by atoms with Crippen LogP contribution in [0.4, 0.5) is 5.69 Å². The Morgan fingerprint density at radius 3 is 2.42 bits per heavy atom. The number of hydrogen-bond donors (Lipinski definition) is 2. The maximum Gasteiger partial charge on any atom is 0.303 e. The molecule has 31 heavy (non-hydrogen) atoms. The quantitative estimate of drug-likeness (QED) is 0.219. The highest BCUT2D eigenvalue weighted by atomic mass is 35.5. The van der Waals surface area contributed by atoms with Crippen molar-refractivity contribution in [3.05, 3.63) is 80.4 Å². The van der Waals surface area contributed by atoms with Gasteiger partial charge in [-0.25, -0.2) is 0 Å². The predicted octanol–water partition coefficient (Wildman–Crippen LogP) is 3.53. The SMILES string of the molecule is O=C(O)CCCN1C(=O)C(=O)/C(=C(/O)c2ccc(Cl)cc2)[C@@H]1c1cccc([N+](=O)[O-])c1. The number of non-ortho nitro benzene ring substituents is 1. The number of carbonyl (C=O) groups is 3. The summed E-state index contributed by atoms with van der Waals surface area (Å²) in [6.07, 6.45) is -0.170. The minimum Gasteiger partial charge on any atom is -0.507 e. The van der Waals surface area contributed by atoms with Gasteiger partial charge in [-0.15, -0.1) is 0 Å². The number of nitrogens with zero attached hydrogens (tertiary/aromatic N) is 2. The lowest BCUT2D eigenvalue weighted by atomic mass is 9.95. The van der Waals surface area contributed by atoms with Crippen LogP contribution in [-0.2, 0) is 14.4 Å². The van der Waals surface area contributed by atoms with E-state index in [0.717, 1.165) is 4.90 Å². The third kappa shape index (κ3) is 4.56. The molecule has 2 aromatic rings. The zero-order valence-electron chi connectivity index (χ0n) is 16.0. The lowest BCUT2D eigenvalue weighted by Gasteiger charge is -2.25. The highest BCUT2D eigenvalue weighted by molar-refractivity contribution is 6.46. The van der Waals surface area contributed by atoms with E-state index in [1.54, 1.807) is 0 Å². The number of benzene rings is 2. The van der Waals surface area contributed by atoms with E-state index < -0.39 is 34.4 Å². The molecule has 0 radical (unpaired) electrons. The van der Waals surface area contributed by atoms with E-state index in [-0.39, 0.29) is 41.8 Å². The van der Waals surface area contributed by atoms with Crippen molar-refractivity contribution >= 4 is 40.7 Å². The number of aliphatic hydroxyl groups excluding tert-OH is 1. The summed E-state index contributed by atoms with van der Waals surface area (Å²) in [5, 5.41) is 31.4. The van der Waals surface area contributed by atoms with Gasteiger partial charge in [0.1, 0.15) is 5.76 Å². The zero-order chi connectivity index (χ0) is 22.7. The summed E-state index contributed by atoms with van der Waals surface area (Å²) >= 11 is 5.87. The van der Waals surface area contributed by atoms with Gasteiger partial charge in [-0.1, -0.05) is 23.7 Å². The third-order valence-corrected chi connectivity index (χ3v) is 5.10. The van der Waals surface area contributed by atoms with Gasteiger partial charge in [-0.05, 0) is 36.2 Å². The van der Waals surface area contributed by atoms with Crippen LogP contribution < -0.4 is 0 Å². The molecule has 0 aromatic heterocycles. The number of aliphatic hydroxyl groups is 1. The fraction of sp³-hybridized carbons (Fsp3) is 0.190. The van der Waals surface area contributed by atoms with E-state index in [0.29, 0.717) is 5.02 Å².